The number of halogens is 1. The Morgan fingerprint density at radius 3 is 2.95 bits per heavy atom. The highest BCUT2D eigenvalue weighted by Crippen LogP contribution is 2.35. The van der Waals surface area contributed by atoms with E-state index in [4.69, 9.17) is 4.74 Å². The molecule has 1 aromatic heterocycles. The van der Waals surface area contributed by atoms with Crippen LogP contribution in [0.2, 0.25) is 0 Å². The molecular formula is C14H22BrN3O2. The van der Waals surface area contributed by atoms with E-state index < -0.39 is 0 Å². The van der Waals surface area contributed by atoms with Crippen LogP contribution in [-0.4, -0.2) is 29.5 Å². The van der Waals surface area contributed by atoms with Crippen molar-refractivity contribution < 1.29 is 4.74 Å². The number of nitrogens with zero attached hydrogens (tertiary/aromatic N) is 2. The molecule has 1 unspecified atom stereocenters. The lowest BCUT2D eigenvalue weighted by Gasteiger charge is -2.19. The molecule has 0 aliphatic heterocycles. The molecule has 1 aliphatic rings. The molecule has 0 aromatic carbocycles. The van der Waals surface area contributed by atoms with Gasteiger partial charge >= 0.3 is 0 Å². The number of methoxy groups -OCH3 is 1. The van der Waals surface area contributed by atoms with E-state index in [9.17, 15) is 4.79 Å². The molecule has 0 saturated heterocycles. The third-order valence-electron chi connectivity index (χ3n) is 3.66. The summed E-state index contributed by atoms with van der Waals surface area (Å²) in [4.78, 5) is 12.2. The van der Waals surface area contributed by atoms with Gasteiger partial charge in [-0.2, -0.15) is 5.10 Å². The van der Waals surface area contributed by atoms with Gasteiger partial charge in [0.15, 0.2) is 0 Å². The fraction of sp³-hybridized carbons (Fsp3) is 0.714. The maximum absolute atomic E-state index is 12.2. The molecule has 1 fully saturated rings. The van der Waals surface area contributed by atoms with E-state index in [1.165, 1.54) is 23.9 Å². The van der Waals surface area contributed by atoms with Gasteiger partial charge in [0.05, 0.1) is 25.0 Å². The number of aromatic nitrogens is 2. The van der Waals surface area contributed by atoms with Crippen molar-refractivity contribution in [3.63, 3.8) is 0 Å². The summed E-state index contributed by atoms with van der Waals surface area (Å²) in [5.74, 6) is 0.862. The molecule has 1 heterocycles. The molecule has 6 heteroatoms. The predicted octanol–water partition coefficient (Wildman–Crippen LogP) is 2.64. The Labute approximate surface area is 127 Å². The molecule has 5 nitrogen and oxygen atoms in total. The quantitative estimate of drug-likeness (QED) is 0.788. The Hall–Kier alpha value is -0.880. The van der Waals surface area contributed by atoms with Crippen LogP contribution in [0.5, 0.6) is 0 Å². The van der Waals surface area contributed by atoms with Gasteiger partial charge in [0.25, 0.3) is 5.56 Å². The average Bonchev–Trinajstić information content (AvgIpc) is 3.26. The third kappa shape index (κ3) is 4.06. The van der Waals surface area contributed by atoms with Gasteiger partial charge in [-0.15, -0.1) is 0 Å². The van der Waals surface area contributed by atoms with Gasteiger partial charge in [0.1, 0.15) is 4.47 Å². The Morgan fingerprint density at radius 1 is 1.60 bits per heavy atom. The van der Waals surface area contributed by atoms with Crippen molar-refractivity contribution in [1.82, 2.24) is 9.78 Å². The number of rotatable bonds is 8. The molecule has 2 rings (SSSR count). The smallest absolute Gasteiger partial charge is 0.283 e. The SMILES string of the molecule is CCC(CC1CC1)Nc1cnn(CCOC)c(=O)c1Br. The lowest BCUT2D eigenvalue weighted by molar-refractivity contribution is 0.181. The van der Waals surface area contributed by atoms with Gasteiger partial charge in [-0.3, -0.25) is 4.79 Å². The second-order valence-corrected chi connectivity index (χ2v) is 6.11. The molecule has 112 valence electrons. The largest absolute Gasteiger partial charge is 0.383 e. The van der Waals surface area contributed by atoms with Crippen molar-refractivity contribution in [1.29, 1.82) is 0 Å². The highest BCUT2D eigenvalue weighted by molar-refractivity contribution is 9.10. The molecule has 1 aliphatic carbocycles. The second kappa shape index (κ2) is 7.22. The summed E-state index contributed by atoms with van der Waals surface area (Å²) in [6.45, 7) is 3.11. The number of anilines is 1. The Morgan fingerprint density at radius 2 is 2.35 bits per heavy atom. The summed E-state index contributed by atoms with van der Waals surface area (Å²) in [5.41, 5.74) is 0.671. The first kappa shape index (κ1) is 15.5. The van der Waals surface area contributed by atoms with E-state index in [0.717, 1.165) is 18.0 Å². The summed E-state index contributed by atoms with van der Waals surface area (Å²) in [6.07, 6.45) is 6.63. The average molecular weight is 344 g/mol. The van der Waals surface area contributed by atoms with Crippen LogP contribution in [0.4, 0.5) is 5.69 Å². The highest BCUT2D eigenvalue weighted by atomic mass is 79.9. The second-order valence-electron chi connectivity index (χ2n) is 5.32. The zero-order valence-electron chi connectivity index (χ0n) is 12.1. The molecule has 0 radical (unpaired) electrons. The molecular weight excluding hydrogens is 322 g/mol. The van der Waals surface area contributed by atoms with Crippen LogP contribution in [0.15, 0.2) is 15.5 Å². The summed E-state index contributed by atoms with van der Waals surface area (Å²) in [7, 11) is 1.61. The van der Waals surface area contributed by atoms with Crippen LogP contribution in [0.1, 0.15) is 32.6 Å². The van der Waals surface area contributed by atoms with Crippen molar-refractivity contribution in [2.45, 2.75) is 45.2 Å². The molecule has 1 atom stereocenters. The minimum absolute atomic E-state index is 0.117. The van der Waals surface area contributed by atoms with Crippen molar-refractivity contribution in [3.05, 3.63) is 21.0 Å². The zero-order chi connectivity index (χ0) is 14.5. The number of hydrogen-bond acceptors (Lipinski definition) is 4. The first-order valence-corrected chi connectivity index (χ1v) is 7.96. The van der Waals surface area contributed by atoms with Crippen molar-refractivity contribution in [3.8, 4) is 0 Å². The molecule has 0 bridgehead atoms. The van der Waals surface area contributed by atoms with Crippen LogP contribution in [0, 0.1) is 5.92 Å². The molecule has 1 N–H and O–H groups in total. The first-order valence-electron chi connectivity index (χ1n) is 7.16. The fourth-order valence-corrected chi connectivity index (χ4v) is 2.63. The monoisotopic (exact) mass is 343 g/mol. The number of hydrogen-bond donors (Lipinski definition) is 1. The van der Waals surface area contributed by atoms with Crippen molar-refractivity contribution >= 4 is 21.6 Å². The number of ether oxygens (including phenoxy) is 1. The van der Waals surface area contributed by atoms with Crippen LogP contribution >= 0.6 is 15.9 Å². The number of nitrogens with one attached hydrogen (secondary N) is 1. The summed E-state index contributed by atoms with van der Waals surface area (Å²) in [5, 5.41) is 7.63. The third-order valence-corrected chi connectivity index (χ3v) is 4.43. The van der Waals surface area contributed by atoms with Crippen LogP contribution in [0.25, 0.3) is 0 Å². The van der Waals surface area contributed by atoms with E-state index in [2.05, 4.69) is 33.3 Å². The normalized spacial score (nSPS) is 16.1. The molecule has 20 heavy (non-hydrogen) atoms. The van der Waals surface area contributed by atoms with Gasteiger partial charge < -0.3 is 10.1 Å². The zero-order valence-corrected chi connectivity index (χ0v) is 13.6. The lowest BCUT2D eigenvalue weighted by Crippen LogP contribution is -2.28. The van der Waals surface area contributed by atoms with Gasteiger partial charge in [-0.25, -0.2) is 4.68 Å². The summed E-state index contributed by atoms with van der Waals surface area (Å²) in [6, 6.07) is 0.412. The molecule has 1 saturated carbocycles. The highest BCUT2D eigenvalue weighted by Gasteiger charge is 2.25. The van der Waals surface area contributed by atoms with E-state index in [1.807, 2.05) is 0 Å². The van der Waals surface area contributed by atoms with Gasteiger partial charge in [0.2, 0.25) is 0 Å². The minimum Gasteiger partial charge on any atom is -0.383 e. The lowest BCUT2D eigenvalue weighted by atomic mass is 10.1. The van der Waals surface area contributed by atoms with E-state index in [1.54, 1.807) is 13.3 Å². The van der Waals surface area contributed by atoms with E-state index in [0.29, 0.717) is 23.7 Å². The summed E-state index contributed by atoms with van der Waals surface area (Å²) < 4.78 is 6.94. The van der Waals surface area contributed by atoms with Gasteiger partial charge in [0, 0.05) is 13.2 Å². The van der Waals surface area contributed by atoms with Crippen molar-refractivity contribution in [2.24, 2.45) is 5.92 Å². The standard InChI is InChI=1S/C14H22BrN3O2/c1-3-11(8-10-4-5-10)17-12-9-16-18(6-7-20-2)14(19)13(12)15/h9-11,17H,3-8H2,1-2H3. The molecule has 1 aromatic rings. The first-order chi connectivity index (χ1) is 9.65. The fourth-order valence-electron chi connectivity index (χ4n) is 2.21. The topological polar surface area (TPSA) is 56.1 Å². The van der Waals surface area contributed by atoms with Gasteiger partial charge in [-0.05, 0) is 34.7 Å². The minimum atomic E-state index is -0.117. The Kier molecular flexibility index (Phi) is 5.60. The predicted molar refractivity (Wildman–Crippen MR) is 83.1 cm³/mol. The van der Waals surface area contributed by atoms with Gasteiger partial charge in [-0.1, -0.05) is 19.8 Å². The Bertz CT molecular complexity index is 500. The van der Waals surface area contributed by atoms with Crippen LogP contribution in [0.3, 0.4) is 0 Å². The van der Waals surface area contributed by atoms with E-state index in [-0.39, 0.29) is 5.56 Å². The Balaban J connectivity index is 2.07. The van der Waals surface area contributed by atoms with Crippen LogP contribution < -0.4 is 10.9 Å². The summed E-state index contributed by atoms with van der Waals surface area (Å²) >= 11 is 3.39. The maximum atomic E-state index is 12.2. The van der Waals surface area contributed by atoms with Crippen LogP contribution in [-0.2, 0) is 11.3 Å². The van der Waals surface area contributed by atoms with Crippen molar-refractivity contribution in [2.75, 3.05) is 19.0 Å². The maximum Gasteiger partial charge on any atom is 0.283 e. The molecule has 0 spiro atoms. The van der Waals surface area contributed by atoms with E-state index >= 15 is 0 Å². The molecule has 0 amide bonds.